The van der Waals surface area contributed by atoms with Crippen molar-refractivity contribution >= 4 is 0 Å². The second kappa shape index (κ2) is 8.65. The van der Waals surface area contributed by atoms with Gasteiger partial charge in [0.2, 0.25) is 0 Å². The summed E-state index contributed by atoms with van der Waals surface area (Å²) in [6.07, 6.45) is -1.36. The fourth-order valence-electron chi connectivity index (χ4n) is 4.53. The molecule has 0 atom stereocenters. The monoisotopic (exact) mass is 478 g/mol. The van der Waals surface area contributed by atoms with Crippen LogP contribution in [-0.2, 0) is 19.0 Å². The number of rotatable bonds is 4. The molecule has 4 aromatic rings. The van der Waals surface area contributed by atoms with E-state index in [1.54, 1.807) is 25.3 Å². The number of hydrogen-bond acceptors (Lipinski definition) is 5. The summed E-state index contributed by atoms with van der Waals surface area (Å²) in [4.78, 5) is 13.4. The van der Waals surface area contributed by atoms with E-state index in [1.807, 2.05) is 19.1 Å². The first-order chi connectivity index (χ1) is 16.8. The van der Waals surface area contributed by atoms with Crippen molar-refractivity contribution in [3.05, 3.63) is 87.3 Å². The van der Waals surface area contributed by atoms with Crippen LogP contribution in [0.4, 0.5) is 13.2 Å². The highest BCUT2D eigenvalue weighted by Crippen LogP contribution is 2.37. The SMILES string of the molecule is COc1cc(C)cc(-c2nn(-c3cc(-c4cccnn4)ccc3C(F)(F)F)c(=O)c3c2CCC3)c1. The number of halogens is 3. The molecule has 0 radical (unpaired) electrons. The van der Waals surface area contributed by atoms with Gasteiger partial charge in [0.05, 0.1) is 29.7 Å². The van der Waals surface area contributed by atoms with Crippen LogP contribution in [0.3, 0.4) is 0 Å². The third-order valence-electron chi connectivity index (χ3n) is 6.11. The zero-order valence-electron chi connectivity index (χ0n) is 19.1. The third kappa shape index (κ3) is 4.18. The van der Waals surface area contributed by atoms with E-state index in [9.17, 15) is 18.0 Å². The number of nitrogens with zero attached hydrogens (tertiary/aromatic N) is 4. The van der Waals surface area contributed by atoms with E-state index in [1.165, 1.54) is 18.3 Å². The molecule has 9 heteroatoms. The molecule has 5 rings (SSSR count). The van der Waals surface area contributed by atoms with E-state index in [2.05, 4.69) is 15.3 Å². The maximum atomic E-state index is 14.1. The zero-order valence-corrected chi connectivity index (χ0v) is 19.1. The Hall–Kier alpha value is -4.01. The van der Waals surface area contributed by atoms with E-state index in [0.29, 0.717) is 46.7 Å². The Morgan fingerprint density at radius 3 is 2.51 bits per heavy atom. The fourth-order valence-corrected chi connectivity index (χ4v) is 4.53. The van der Waals surface area contributed by atoms with Gasteiger partial charge in [0.15, 0.2) is 0 Å². The number of ether oxygens (including phenoxy) is 1. The molecule has 0 spiro atoms. The predicted octanol–water partition coefficient (Wildman–Crippen LogP) is 5.18. The van der Waals surface area contributed by atoms with Crippen LogP contribution in [0.25, 0.3) is 28.2 Å². The fraction of sp³-hybridized carbons (Fsp3) is 0.231. The molecule has 0 bridgehead atoms. The van der Waals surface area contributed by atoms with Gasteiger partial charge < -0.3 is 4.74 Å². The molecule has 0 unspecified atom stereocenters. The van der Waals surface area contributed by atoms with Crippen LogP contribution in [0.2, 0.25) is 0 Å². The van der Waals surface area contributed by atoms with Gasteiger partial charge >= 0.3 is 6.18 Å². The van der Waals surface area contributed by atoms with Crippen LogP contribution in [0, 0.1) is 6.92 Å². The smallest absolute Gasteiger partial charge is 0.418 e. The Balaban J connectivity index is 1.80. The highest BCUT2D eigenvalue weighted by atomic mass is 19.4. The maximum Gasteiger partial charge on any atom is 0.418 e. The number of hydrogen-bond donors (Lipinski definition) is 0. The Kier molecular flexibility index (Phi) is 5.62. The van der Waals surface area contributed by atoms with Gasteiger partial charge in [0, 0.05) is 22.9 Å². The van der Waals surface area contributed by atoms with Crippen molar-refractivity contribution in [3.8, 4) is 34.0 Å². The van der Waals surface area contributed by atoms with Gasteiger partial charge in [-0.05, 0) is 79.8 Å². The first-order valence-electron chi connectivity index (χ1n) is 11.1. The van der Waals surface area contributed by atoms with Gasteiger partial charge in [-0.25, -0.2) is 0 Å². The summed E-state index contributed by atoms with van der Waals surface area (Å²) in [7, 11) is 1.55. The van der Waals surface area contributed by atoms with Gasteiger partial charge in [0.25, 0.3) is 5.56 Å². The Morgan fingerprint density at radius 2 is 1.80 bits per heavy atom. The van der Waals surface area contributed by atoms with Crippen molar-refractivity contribution in [1.82, 2.24) is 20.0 Å². The molecule has 0 saturated heterocycles. The molecule has 2 aromatic heterocycles. The van der Waals surface area contributed by atoms with Crippen LogP contribution in [0.15, 0.2) is 59.5 Å². The van der Waals surface area contributed by atoms with Gasteiger partial charge in [0.1, 0.15) is 5.75 Å². The number of aryl methyl sites for hydroxylation is 1. The molecule has 2 heterocycles. The predicted molar refractivity (Wildman–Crippen MR) is 125 cm³/mol. The summed E-state index contributed by atoms with van der Waals surface area (Å²) in [5, 5.41) is 12.3. The lowest BCUT2D eigenvalue weighted by Gasteiger charge is -2.18. The highest BCUT2D eigenvalue weighted by molar-refractivity contribution is 5.69. The van der Waals surface area contributed by atoms with E-state index in [-0.39, 0.29) is 5.69 Å². The average molecular weight is 478 g/mol. The second-order valence-electron chi connectivity index (χ2n) is 8.45. The van der Waals surface area contributed by atoms with Gasteiger partial charge in [-0.3, -0.25) is 4.79 Å². The number of alkyl halides is 3. The van der Waals surface area contributed by atoms with Gasteiger partial charge in [-0.1, -0.05) is 6.07 Å². The molecule has 35 heavy (non-hydrogen) atoms. The summed E-state index contributed by atoms with van der Waals surface area (Å²) in [6, 6.07) is 12.4. The van der Waals surface area contributed by atoms with E-state index < -0.39 is 17.3 Å². The number of methoxy groups -OCH3 is 1. The van der Waals surface area contributed by atoms with Crippen LogP contribution < -0.4 is 10.3 Å². The lowest BCUT2D eigenvalue weighted by molar-refractivity contribution is -0.137. The summed E-state index contributed by atoms with van der Waals surface area (Å²) in [6.45, 7) is 1.90. The quantitative estimate of drug-likeness (QED) is 0.404. The minimum absolute atomic E-state index is 0.346. The molecule has 2 aromatic carbocycles. The summed E-state index contributed by atoms with van der Waals surface area (Å²) in [5.74, 6) is 0.604. The molecule has 0 N–H and O–H groups in total. The summed E-state index contributed by atoms with van der Waals surface area (Å²) in [5.41, 5.74) is 2.30. The van der Waals surface area contributed by atoms with E-state index in [4.69, 9.17) is 4.74 Å². The number of fused-ring (bicyclic) bond motifs is 1. The van der Waals surface area contributed by atoms with Crippen LogP contribution in [-0.4, -0.2) is 27.1 Å². The lowest BCUT2D eigenvalue weighted by Crippen LogP contribution is -2.28. The zero-order chi connectivity index (χ0) is 24.7. The third-order valence-corrected chi connectivity index (χ3v) is 6.11. The summed E-state index contributed by atoms with van der Waals surface area (Å²) >= 11 is 0. The highest BCUT2D eigenvalue weighted by Gasteiger charge is 2.35. The topological polar surface area (TPSA) is 69.9 Å². The molecule has 6 nitrogen and oxygen atoms in total. The average Bonchev–Trinajstić information content (AvgIpc) is 3.34. The Morgan fingerprint density at radius 1 is 1.00 bits per heavy atom. The number of benzene rings is 2. The molecular weight excluding hydrogens is 457 g/mol. The standard InChI is InChI=1S/C26H21F3N4O2/c1-15-11-17(13-18(12-15)35-2)24-19-5-3-6-20(19)25(34)33(32-24)23-14-16(22-7-4-10-30-31-22)8-9-21(23)26(27,28)29/h4,7-14H,3,5-6H2,1-2H3. The first kappa shape index (κ1) is 22.8. The van der Waals surface area contributed by atoms with Gasteiger partial charge in [-0.15, -0.1) is 0 Å². The lowest BCUT2D eigenvalue weighted by atomic mass is 10.0. The van der Waals surface area contributed by atoms with E-state index >= 15 is 0 Å². The van der Waals surface area contributed by atoms with Crippen LogP contribution in [0.1, 0.15) is 28.7 Å². The molecule has 0 amide bonds. The normalized spacial score (nSPS) is 13.1. The minimum Gasteiger partial charge on any atom is -0.497 e. The molecule has 178 valence electrons. The van der Waals surface area contributed by atoms with Crippen molar-refractivity contribution in [2.45, 2.75) is 32.4 Å². The molecular formula is C26H21F3N4O2. The largest absolute Gasteiger partial charge is 0.497 e. The Labute approximate surface area is 199 Å². The first-order valence-corrected chi connectivity index (χ1v) is 11.1. The van der Waals surface area contributed by atoms with Crippen molar-refractivity contribution in [2.75, 3.05) is 7.11 Å². The van der Waals surface area contributed by atoms with Crippen LogP contribution in [0.5, 0.6) is 5.75 Å². The summed E-state index contributed by atoms with van der Waals surface area (Å²) < 4.78 is 48.5. The molecule has 1 aliphatic carbocycles. The van der Waals surface area contributed by atoms with Gasteiger partial charge in [-0.2, -0.15) is 33.1 Å². The second-order valence-corrected chi connectivity index (χ2v) is 8.45. The van der Waals surface area contributed by atoms with E-state index in [0.717, 1.165) is 28.3 Å². The molecule has 1 aliphatic rings. The van der Waals surface area contributed by atoms with Crippen molar-refractivity contribution in [2.24, 2.45) is 0 Å². The van der Waals surface area contributed by atoms with Crippen LogP contribution >= 0.6 is 0 Å². The van der Waals surface area contributed by atoms with Crippen molar-refractivity contribution < 1.29 is 17.9 Å². The molecule has 0 saturated carbocycles. The molecule has 0 aliphatic heterocycles. The minimum atomic E-state index is -4.69. The Bertz CT molecular complexity index is 1480. The number of aromatic nitrogens is 4. The maximum absolute atomic E-state index is 14.1. The molecule has 0 fully saturated rings. The van der Waals surface area contributed by atoms with Crippen molar-refractivity contribution in [1.29, 1.82) is 0 Å². The van der Waals surface area contributed by atoms with Crippen molar-refractivity contribution in [3.63, 3.8) is 0 Å².